The number of H-pyrrole nitrogens is 1. The van der Waals surface area contributed by atoms with Crippen molar-refractivity contribution in [3.8, 4) is 0 Å². The summed E-state index contributed by atoms with van der Waals surface area (Å²) in [5.74, 6) is 0.877. The van der Waals surface area contributed by atoms with Gasteiger partial charge in [0.1, 0.15) is 5.82 Å². The maximum absolute atomic E-state index is 13.1. The third kappa shape index (κ3) is 4.99. The van der Waals surface area contributed by atoms with E-state index in [0.29, 0.717) is 30.3 Å². The van der Waals surface area contributed by atoms with Crippen LogP contribution in [0.25, 0.3) is 11.0 Å². The van der Waals surface area contributed by atoms with E-state index >= 15 is 0 Å². The number of carbonyl (C=O) groups excluding carboxylic acids is 2. The Hall–Kier alpha value is -3.19. The number of nitrogens with one attached hydrogen (secondary N) is 2. The van der Waals surface area contributed by atoms with E-state index in [2.05, 4.69) is 10.3 Å². The van der Waals surface area contributed by atoms with Crippen molar-refractivity contribution in [2.24, 2.45) is 17.6 Å². The van der Waals surface area contributed by atoms with Crippen molar-refractivity contribution in [1.29, 1.82) is 0 Å². The van der Waals surface area contributed by atoms with Crippen molar-refractivity contribution in [2.75, 3.05) is 13.7 Å². The van der Waals surface area contributed by atoms with Crippen LogP contribution in [-0.2, 0) is 16.0 Å². The number of benzene rings is 2. The average Bonchev–Trinajstić information content (AvgIpc) is 3.27. The molecule has 7 nitrogen and oxygen atoms in total. The number of hydrogen-bond donors (Lipinski definition) is 3. The number of ether oxygens (including phenoxy) is 1. The molecule has 1 aromatic heterocycles. The van der Waals surface area contributed by atoms with Crippen molar-refractivity contribution in [3.05, 3.63) is 65.5 Å². The fourth-order valence-electron chi connectivity index (χ4n) is 4.45. The maximum atomic E-state index is 13.1. The van der Waals surface area contributed by atoms with Crippen molar-refractivity contribution in [2.45, 2.75) is 38.1 Å². The van der Waals surface area contributed by atoms with Crippen LogP contribution in [0, 0.1) is 11.8 Å². The number of methoxy groups -OCH3 is 1. The molecule has 2 aromatic carbocycles. The van der Waals surface area contributed by atoms with Gasteiger partial charge in [-0.05, 0) is 68.3 Å². The SMILES string of the molecule is COC(=O)c1ccc2nc([C@H](Cc3ccccc3)NC(=O)C3CCC(CN)CC3)[nH]c2c1. The number of amides is 1. The minimum atomic E-state index is -0.398. The first-order valence-corrected chi connectivity index (χ1v) is 11.2. The summed E-state index contributed by atoms with van der Waals surface area (Å²) in [6.45, 7) is 0.692. The first-order chi connectivity index (χ1) is 15.6. The molecule has 1 aliphatic carbocycles. The second kappa shape index (κ2) is 9.96. The van der Waals surface area contributed by atoms with Gasteiger partial charge in [0.15, 0.2) is 0 Å². The highest BCUT2D eigenvalue weighted by Crippen LogP contribution is 2.29. The number of aromatic nitrogens is 2. The summed E-state index contributed by atoms with van der Waals surface area (Å²) in [6, 6.07) is 15.0. The first-order valence-electron chi connectivity index (χ1n) is 11.2. The van der Waals surface area contributed by atoms with Gasteiger partial charge in [-0.15, -0.1) is 0 Å². The van der Waals surface area contributed by atoms with Gasteiger partial charge in [0.2, 0.25) is 5.91 Å². The molecule has 4 rings (SSSR count). The van der Waals surface area contributed by atoms with Gasteiger partial charge in [-0.2, -0.15) is 0 Å². The van der Waals surface area contributed by atoms with Gasteiger partial charge in [0, 0.05) is 5.92 Å². The maximum Gasteiger partial charge on any atom is 0.337 e. The van der Waals surface area contributed by atoms with Crippen molar-refractivity contribution in [3.63, 3.8) is 0 Å². The Morgan fingerprint density at radius 2 is 1.91 bits per heavy atom. The molecule has 1 atom stereocenters. The zero-order chi connectivity index (χ0) is 22.5. The number of hydrogen-bond acceptors (Lipinski definition) is 5. The predicted molar refractivity (Wildman–Crippen MR) is 123 cm³/mol. The average molecular weight is 435 g/mol. The van der Waals surface area contributed by atoms with Gasteiger partial charge < -0.3 is 20.8 Å². The summed E-state index contributed by atoms with van der Waals surface area (Å²) in [4.78, 5) is 33.0. The fraction of sp³-hybridized carbons (Fsp3) is 0.400. The van der Waals surface area contributed by atoms with Crippen LogP contribution in [0.15, 0.2) is 48.5 Å². The number of imidazole rings is 1. The van der Waals surface area contributed by atoms with Gasteiger partial charge in [0.25, 0.3) is 0 Å². The molecule has 0 bridgehead atoms. The molecule has 1 heterocycles. The summed E-state index contributed by atoms with van der Waals surface area (Å²) in [7, 11) is 1.36. The zero-order valence-electron chi connectivity index (χ0n) is 18.3. The highest BCUT2D eigenvalue weighted by molar-refractivity contribution is 5.93. The van der Waals surface area contributed by atoms with Gasteiger partial charge in [0.05, 0.1) is 29.7 Å². The van der Waals surface area contributed by atoms with Gasteiger partial charge in [-0.1, -0.05) is 30.3 Å². The van der Waals surface area contributed by atoms with Crippen LogP contribution in [0.4, 0.5) is 0 Å². The molecule has 1 saturated carbocycles. The summed E-state index contributed by atoms with van der Waals surface area (Å²) in [6.07, 6.45) is 4.36. The Labute approximate surface area is 187 Å². The number of nitrogens with two attached hydrogens (primary N) is 1. The van der Waals surface area contributed by atoms with E-state index in [1.54, 1.807) is 18.2 Å². The minimum absolute atomic E-state index is 0.00591. The molecule has 0 spiro atoms. The number of carbonyl (C=O) groups is 2. The van der Waals surface area contributed by atoms with Crippen molar-refractivity contribution >= 4 is 22.9 Å². The van der Waals surface area contributed by atoms with Gasteiger partial charge in [-0.25, -0.2) is 9.78 Å². The molecule has 32 heavy (non-hydrogen) atoms. The largest absolute Gasteiger partial charge is 0.465 e. The lowest BCUT2D eigenvalue weighted by molar-refractivity contribution is -0.127. The Balaban J connectivity index is 1.58. The Bertz CT molecular complexity index is 1070. The molecule has 7 heteroatoms. The van der Waals surface area contributed by atoms with Crippen LogP contribution in [0.3, 0.4) is 0 Å². The lowest BCUT2D eigenvalue weighted by Crippen LogP contribution is -2.37. The molecular weight excluding hydrogens is 404 g/mol. The molecule has 3 aromatic rings. The van der Waals surface area contributed by atoms with E-state index < -0.39 is 5.97 Å². The number of fused-ring (bicyclic) bond motifs is 1. The van der Waals surface area contributed by atoms with Crippen LogP contribution in [0.5, 0.6) is 0 Å². The molecule has 0 aliphatic heterocycles. The third-order valence-corrected chi connectivity index (χ3v) is 6.40. The number of nitrogens with zero attached hydrogens (tertiary/aromatic N) is 1. The van der Waals surface area contributed by atoms with E-state index in [1.807, 2.05) is 30.3 Å². The summed E-state index contributed by atoms with van der Waals surface area (Å²) < 4.78 is 4.82. The second-order valence-electron chi connectivity index (χ2n) is 8.55. The second-order valence-corrected chi connectivity index (χ2v) is 8.55. The fourth-order valence-corrected chi connectivity index (χ4v) is 4.45. The zero-order valence-corrected chi connectivity index (χ0v) is 18.3. The Kier molecular flexibility index (Phi) is 6.85. The Morgan fingerprint density at radius 1 is 1.16 bits per heavy atom. The minimum Gasteiger partial charge on any atom is -0.465 e. The molecule has 0 unspecified atom stereocenters. The van der Waals surface area contributed by atoms with Crippen LogP contribution >= 0.6 is 0 Å². The number of rotatable bonds is 7. The van der Waals surface area contributed by atoms with E-state index in [-0.39, 0.29) is 17.9 Å². The molecular formula is C25H30N4O3. The van der Waals surface area contributed by atoms with Crippen LogP contribution in [0.2, 0.25) is 0 Å². The van der Waals surface area contributed by atoms with Crippen molar-refractivity contribution in [1.82, 2.24) is 15.3 Å². The van der Waals surface area contributed by atoms with E-state index in [0.717, 1.165) is 42.3 Å². The molecule has 0 radical (unpaired) electrons. The lowest BCUT2D eigenvalue weighted by atomic mass is 9.81. The van der Waals surface area contributed by atoms with Crippen LogP contribution < -0.4 is 11.1 Å². The van der Waals surface area contributed by atoms with Crippen molar-refractivity contribution < 1.29 is 14.3 Å². The van der Waals surface area contributed by atoms with Gasteiger partial charge >= 0.3 is 5.97 Å². The van der Waals surface area contributed by atoms with Crippen LogP contribution in [-0.4, -0.2) is 35.5 Å². The topological polar surface area (TPSA) is 110 Å². The number of esters is 1. The lowest BCUT2D eigenvalue weighted by Gasteiger charge is -2.28. The van der Waals surface area contributed by atoms with E-state index in [4.69, 9.17) is 15.5 Å². The molecule has 4 N–H and O–H groups in total. The summed E-state index contributed by atoms with van der Waals surface area (Å²) in [5.41, 5.74) is 8.84. The van der Waals surface area contributed by atoms with Crippen LogP contribution in [0.1, 0.15) is 53.5 Å². The predicted octanol–water partition coefficient (Wildman–Crippen LogP) is 3.51. The standard InChI is InChI=1S/C25H30N4O3/c1-32-25(31)19-11-12-20-21(14-19)28-23(27-20)22(13-16-5-3-2-4-6-16)29-24(30)18-9-7-17(15-26)8-10-18/h2-6,11-12,14,17-18,22H,7-10,13,15,26H2,1H3,(H,27,28)(H,29,30)/t17?,18?,22-/m0/s1. The Morgan fingerprint density at radius 3 is 2.59 bits per heavy atom. The molecule has 1 aliphatic rings. The quantitative estimate of drug-likeness (QED) is 0.493. The highest BCUT2D eigenvalue weighted by atomic mass is 16.5. The monoisotopic (exact) mass is 434 g/mol. The molecule has 1 fully saturated rings. The highest BCUT2D eigenvalue weighted by Gasteiger charge is 2.28. The summed E-state index contributed by atoms with van der Waals surface area (Å²) in [5, 5.41) is 3.24. The van der Waals surface area contributed by atoms with Gasteiger partial charge in [-0.3, -0.25) is 4.79 Å². The molecule has 1 amide bonds. The third-order valence-electron chi connectivity index (χ3n) is 6.40. The first kappa shape index (κ1) is 22.0. The number of aromatic amines is 1. The van der Waals surface area contributed by atoms with E-state index in [1.165, 1.54) is 7.11 Å². The smallest absolute Gasteiger partial charge is 0.337 e. The summed E-state index contributed by atoms with van der Waals surface area (Å²) >= 11 is 0. The molecule has 0 saturated heterocycles. The van der Waals surface area contributed by atoms with E-state index in [9.17, 15) is 9.59 Å². The normalized spacial score (nSPS) is 19.4. The molecule has 168 valence electrons.